The minimum absolute atomic E-state index is 0.137. The van der Waals surface area contributed by atoms with E-state index in [-0.39, 0.29) is 5.82 Å². The van der Waals surface area contributed by atoms with Crippen LogP contribution < -0.4 is 4.90 Å². The minimum atomic E-state index is -0.137. The van der Waals surface area contributed by atoms with Gasteiger partial charge in [-0.15, -0.1) is 0 Å². The summed E-state index contributed by atoms with van der Waals surface area (Å²) in [6.07, 6.45) is 3.61. The third kappa shape index (κ3) is 2.76. The number of H-pyrrole nitrogens is 1. The zero-order chi connectivity index (χ0) is 13.1. The normalized spacial score (nSPS) is 16.8. The van der Waals surface area contributed by atoms with E-state index in [9.17, 15) is 4.39 Å². The number of aromatic amines is 1. The Labute approximate surface area is 111 Å². The van der Waals surface area contributed by atoms with Crippen LogP contribution in [0.2, 0.25) is 0 Å². The van der Waals surface area contributed by atoms with Gasteiger partial charge in [0.15, 0.2) is 0 Å². The lowest BCUT2D eigenvalue weighted by molar-refractivity contribution is 0.244. The Kier molecular flexibility index (Phi) is 3.46. The van der Waals surface area contributed by atoms with Gasteiger partial charge in [0.05, 0.1) is 12.2 Å². The summed E-state index contributed by atoms with van der Waals surface area (Å²) in [5, 5.41) is 0. The van der Waals surface area contributed by atoms with Crippen molar-refractivity contribution in [2.75, 3.05) is 31.1 Å². The van der Waals surface area contributed by atoms with Gasteiger partial charge in [-0.3, -0.25) is 4.90 Å². The molecule has 1 N–H and O–H groups in total. The van der Waals surface area contributed by atoms with Crippen LogP contribution in [0.5, 0.6) is 0 Å². The van der Waals surface area contributed by atoms with Crippen LogP contribution in [0.25, 0.3) is 0 Å². The highest BCUT2D eigenvalue weighted by molar-refractivity contribution is 5.47. The summed E-state index contributed by atoms with van der Waals surface area (Å²) in [5.74, 6) is 0.848. The summed E-state index contributed by atoms with van der Waals surface area (Å²) in [6.45, 7) is 4.38. The summed E-state index contributed by atoms with van der Waals surface area (Å²) in [6, 6.07) is 6.97. The molecule has 0 radical (unpaired) electrons. The maximum atomic E-state index is 13.7. The van der Waals surface area contributed by atoms with Gasteiger partial charge in [-0.1, -0.05) is 12.1 Å². The van der Waals surface area contributed by atoms with Crippen molar-refractivity contribution in [1.82, 2.24) is 14.9 Å². The topological polar surface area (TPSA) is 35.2 Å². The summed E-state index contributed by atoms with van der Waals surface area (Å²) in [4.78, 5) is 11.8. The van der Waals surface area contributed by atoms with Crippen LogP contribution in [0.4, 0.5) is 10.1 Å². The average Bonchev–Trinajstić information content (AvgIpc) is 2.93. The molecule has 2 aromatic rings. The van der Waals surface area contributed by atoms with E-state index < -0.39 is 0 Å². The van der Waals surface area contributed by atoms with Gasteiger partial charge in [0.25, 0.3) is 0 Å². The second-order valence-corrected chi connectivity index (χ2v) is 4.75. The number of anilines is 1. The lowest BCUT2D eigenvalue weighted by Gasteiger charge is -2.35. The first-order valence-corrected chi connectivity index (χ1v) is 6.53. The van der Waals surface area contributed by atoms with Gasteiger partial charge in [0.2, 0.25) is 0 Å². The summed E-state index contributed by atoms with van der Waals surface area (Å²) in [5.41, 5.74) is 0.708. The van der Waals surface area contributed by atoms with E-state index in [1.807, 2.05) is 18.3 Å². The van der Waals surface area contributed by atoms with Gasteiger partial charge in [-0.05, 0) is 12.1 Å². The molecule has 1 aromatic heterocycles. The monoisotopic (exact) mass is 260 g/mol. The quantitative estimate of drug-likeness (QED) is 0.915. The maximum Gasteiger partial charge on any atom is 0.146 e. The fraction of sp³-hybridized carbons (Fsp3) is 0.357. The number of rotatable bonds is 3. The third-order valence-corrected chi connectivity index (χ3v) is 3.49. The zero-order valence-electron chi connectivity index (χ0n) is 10.7. The van der Waals surface area contributed by atoms with Crippen molar-refractivity contribution in [1.29, 1.82) is 0 Å². The average molecular weight is 260 g/mol. The smallest absolute Gasteiger partial charge is 0.146 e. The number of benzene rings is 1. The van der Waals surface area contributed by atoms with Gasteiger partial charge < -0.3 is 9.88 Å². The van der Waals surface area contributed by atoms with Gasteiger partial charge in [0.1, 0.15) is 11.6 Å². The highest BCUT2D eigenvalue weighted by atomic mass is 19.1. The predicted octanol–water partition coefficient (Wildman–Crippen LogP) is 1.87. The first kappa shape index (κ1) is 12.2. The predicted molar refractivity (Wildman–Crippen MR) is 72.5 cm³/mol. The SMILES string of the molecule is Fc1ccccc1N1CCN(Cc2ncc[nH]2)CC1. The second-order valence-electron chi connectivity index (χ2n) is 4.75. The molecule has 5 heteroatoms. The molecule has 3 rings (SSSR count). The van der Waals surface area contributed by atoms with Gasteiger partial charge in [-0.25, -0.2) is 9.37 Å². The van der Waals surface area contributed by atoms with Crippen LogP contribution in [-0.2, 0) is 6.54 Å². The molecule has 0 aliphatic carbocycles. The van der Waals surface area contributed by atoms with Gasteiger partial charge in [-0.2, -0.15) is 0 Å². The number of para-hydroxylation sites is 1. The minimum Gasteiger partial charge on any atom is -0.367 e. The molecule has 0 saturated carbocycles. The largest absolute Gasteiger partial charge is 0.367 e. The van der Waals surface area contributed by atoms with Crippen molar-refractivity contribution in [2.24, 2.45) is 0 Å². The zero-order valence-corrected chi connectivity index (χ0v) is 10.7. The van der Waals surface area contributed by atoms with E-state index in [1.54, 1.807) is 12.3 Å². The molecule has 100 valence electrons. The van der Waals surface area contributed by atoms with Crippen molar-refractivity contribution in [3.63, 3.8) is 0 Å². The Morgan fingerprint density at radius 1 is 1.16 bits per heavy atom. The molecule has 1 aliphatic rings. The van der Waals surface area contributed by atoms with Crippen LogP contribution in [0, 0.1) is 5.82 Å². The van der Waals surface area contributed by atoms with Crippen molar-refractivity contribution < 1.29 is 4.39 Å². The van der Waals surface area contributed by atoms with Crippen LogP contribution in [-0.4, -0.2) is 41.0 Å². The van der Waals surface area contributed by atoms with Crippen LogP contribution in [0.1, 0.15) is 5.82 Å². The number of piperazine rings is 1. The van der Waals surface area contributed by atoms with Crippen molar-refractivity contribution in [3.05, 3.63) is 48.3 Å². The van der Waals surface area contributed by atoms with E-state index in [2.05, 4.69) is 19.8 Å². The lowest BCUT2D eigenvalue weighted by atomic mass is 10.2. The van der Waals surface area contributed by atoms with E-state index in [0.717, 1.165) is 38.5 Å². The summed E-state index contributed by atoms with van der Waals surface area (Å²) in [7, 11) is 0. The molecule has 0 bridgehead atoms. The Morgan fingerprint density at radius 2 is 1.95 bits per heavy atom. The van der Waals surface area contributed by atoms with Crippen LogP contribution in [0.3, 0.4) is 0 Å². The maximum absolute atomic E-state index is 13.7. The molecule has 19 heavy (non-hydrogen) atoms. The summed E-state index contributed by atoms with van der Waals surface area (Å²) < 4.78 is 13.7. The highest BCUT2D eigenvalue weighted by Gasteiger charge is 2.19. The van der Waals surface area contributed by atoms with Crippen LogP contribution in [0.15, 0.2) is 36.7 Å². The number of halogens is 1. The number of hydrogen-bond acceptors (Lipinski definition) is 3. The Bertz CT molecular complexity index is 518. The van der Waals surface area contributed by atoms with Crippen molar-refractivity contribution in [3.8, 4) is 0 Å². The molecule has 1 aromatic carbocycles. The molecule has 0 unspecified atom stereocenters. The number of imidazole rings is 1. The number of nitrogens with zero attached hydrogens (tertiary/aromatic N) is 3. The Balaban J connectivity index is 1.59. The number of aromatic nitrogens is 2. The first-order valence-electron chi connectivity index (χ1n) is 6.53. The second kappa shape index (κ2) is 5.40. The Hall–Kier alpha value is -1.88. The third-order valence-electron chi connectivity index (χ3n) is 3.49. The molecule has 0 amide bonds. The van der Waals surface area contributed by atoms with Gasteiger partial charge in [0, 0.05) is 38.6 Å². The molecule has 1 fully saturated rings. The number of nitrogens with one attached hydrogen (secondary N) is 1. The first-order chi connectivity index (χ1) is 9.33. The molecule has 0 spiro atoms. The lowest BCUT2D eigenvalue weighted by Crippen LogP contribution is -2.46. The molecule has 1 aliphatic heterocycles. The molecular formula is C14H17FN4. The standard InChI is InChI=1S/C14H17FN4/c15-12-3-1-2-4-13(12)19-9-7-18(8-10-19)11-14-16-5-6-17-14/h1-6H,7-11H2,(H,16,17). The highest BCUT2D eigenvalue weighted by Crippen LogP contribution is 2.20. The summed E-state index contributed by atoms with van der Waals surface area (Å²) >= 11 is 0. The van der Waals surface area contributed by atoms with Gasteiger partial charge >= 0.3 is 0 Å². The fourth-order valence-electron chi connectivity index (χ4n) is 2.45. The molecule has 0 atom stereocenters. The Morgan fingerprint density at radius 3 is 2.63 bits per heavy atom. The molecule has 1 saturated heterocycles. The molecular weight excluding hydrogens is 243 g/mol. The van der Waals surface area contributed by atoms with Crippen molar-refractivity contribution >= 4 is 5.69 Å². The van der Waals surface area contributed by atoms with Crippen LogP contribution >= 0.6 is 0 Å². The van der Waals surface area contributed by atoms with E-state index in [1.165, 1.54) is 6.07 Å². The fourth-order valence-corrected chi connectivity index (χ4v) is 2.45. The molecule has 4 nitrogen and oxygen atoms in total. The van der Waals surface area contributed by atoms with E-state index in [4.69, 9.17) is 0 Å². The molecule has 2 heterocycles. The van der Waals surface area contributed by atoms with E-state index in [0.29, 0.717) is 5.69 Å². The van der Waals surface area contributed by atoms with E-state index >= 15 is 0 Å². The number of hydrogen-bond donors (Lipinski definition) is 1. The van der Waals surface area contributed by atoms with Crippen molar-refractivity contribution in [2.45, 2.75) is 6.54 Å².